The van der Waals surface area contributed by atoms with Gasteiger partial charge >= 0.3 is 0 Å². The summed E-state index contributed by atoms with van der Waals surface area (Å²) in [6.45, 7) is 10.1. The lowest BCUT2D eigenvalue weighted by molar-refractivity contribution is -0.121. The Morgan fingerprint density at radius 1 is 0.849 bits per heavy atom. The number of carbonyl (C=O) groups is 2. The lowest BCUT2D eigenvalue weighted by atomic mass is 9.92. The number of rotatable bonds is 21. The van der Waals surface area contributed by atoms with Crippen molar-refractivity contribution in [1.29, 1.82) is 0 Å². The number of ether oxygens (including phenoxy) is 6. The van der Waals surface area contributed by atoms with E-state index in [1.807, 2.05) is 10.9 Å². The number of nitrogens with one attached hydrogen (secondary N) is 1. The Kier molecular flexibility index (Phi) is 18.0. The van der Waals surface area contributed by atoms with Crippen molar-refractivity contribution in [2.45, 2.75) is 52.0 Å². The van der Waals surface area contributed by atoms with Crippen LogP contribution in [0.2, 0.25) is 0 Å². The average molecular weight is 751 g/mol. The van der Waals surface area contributed by atoms with Crippen molar-refractivity contribution in [2.75, 3.05) is 66.5 Å². The molecule has 0 fully saturated rings. The van der Waals surface area contributed by atoms with Gasteiger partial charge in [0.15, 0.2) is 29.5 Å². The number of ketones is 1. The third kappa shape index (κ3) is 14.3. The first-order valence-electron chi connectivity index (χ1n) is 17.1. The van der Waals surface area contributed by atoms with Crippen molar-refractivity contribution in [3.05, 3.63) is 47.3 Å². The molecule has 1 amide bonds. The molecule has 3 aromatic rings. The predicted octanol–water partition coefficient (Wildman–Crippen LogP) is 1.94. The summed E-state index contributed by atoms with van der Waals surface area (Å²) in [4.78, 5) is 23.2. The number of aryl methyl sites for hydroxylation is 1. The van der Waals surface area contributed by atoms with Crippen LogP contribution in [0.15, 0.2) is 30.5 Å². The van der Waals surface area contributed by atoms with E-state index in [1.54, 1.807) is 7.05 Å². The van der Waals surface area contributed by atoms with Crippen LogP contribution < -0.4 is 10.1 Å². The molecular formula is C35H50N4O14. The van der Waals surface area contributed by atoms with Gasteiger partial charge in [0, 0.05) is 37.7 Å². The number of aliphatic hydroxyl groups is 1. The van der Waals surface area contributed by atoms with Gasteiger partial charge in [-0.1, -0.05) is 19.1 Å². The van der Waals surface area contributed by atoms with E-state index in [-0.39, 0.29) is 28.5 Å². The van der Waals surface area contributed by atoms with E-state index >= 15 is 0 Å². The van der Waals surface area contributed by atoms with E-state index in [9.17, 15) is 40.2 Å². The number of phenols is 5. The number of hydrogen-bond acceptors (Lipinski definition) is 16. The van der Waals surface area contributed by atoms with Crippen molar-refractivity contribution in [3.63, 3.8) is 0 Å². The molecule has 0 radical (unpaired) electrons. The second-order valence-electron chi connectivity index (χ2n) is 12.2. The molecule has 2 aromatic carbocycles. The van der Waals surface area contributed by atoms with Gasteiger partial charge in [-0.2, -0.15) is 0 Å². The highest BCUT2D eigenvalue weighted by Gasteiger charge is 2.39. The largest absolute Gasteiger partial charge is 0.508 e. The molecule has 1 aliphatic heterocycles. The molecule has 2 heterocycles. The van der Waals surface area contributed by atoms with E-state index in [0.717, 1.165) is 42.9 Å². The lowest BCUT2D eigenvalue weighted by Crippen LogP contribution is -2.36. The third-order valence-corrected chi connectivity index (χ3v) is 7.55. The predicted molar refractivity (Wildman–Crippen MR) is 186 cm³/mol. The number of carbonyl (C=O) groups excluding carboxylic acids is 2. The summed E-state index contributed by atoms with van der Waals surface area (Å²) < 4.78 is 34.3. The maximum Gasteiger partial charge on any atom is 0.222 e. The van der Waals surface area contributed by atoms with Gasteiger partial charge in [-0.05, 0) is 24.5 Å². The summed E-state index contributed by atoms with van der Waals surface area (Å²) in [5.74, 6) is -3.34. The molecule has 2 atom stereocenters. The Balaban J connectivity index is 0.000000294. The molecular weight excluding hydrogens is 700 g/mol. The molecule has 0 spiro atoms. The van der Waals surface area contributed by atoms with Crippen LogP contribution in [-0.2, 0) is 41.6 Å². The first-order chi connectivity index (χ1) is 25.4. The number of hydrogen-bond donors (Lipinski definition) is 7. The Hall–Kier alpha value is -4.72. The van der Waals surface area contributed by atoms with E-state index in [2.05, 4.69) is 29.5 Å². The fourth-order valence-electron chi connectivity index (χ4n) is 4.70. The zero-order valence-electron chi connectivity index (χ0n) is 30.1. The Morgan fingerprint density at radius 2 is 1.42 bits per heavy atom. The van der Waals surface area contributed by atoms with Gasteiger partial charge in [-0.15, -0.1) is 5.10 Å². The van der Waals surface area contributed by atoms with Crippen LogP contribution in [0, 0.1) is 5.92 Å². The van der Waals surface area contributed by atoms with E-state index in [0.29, 0.717) is 78.4 Å². The van der Waals surface area contributed by atoms with E-state index in [4.69, 9.17) is 28.4 Å². The van der Waals surface area contributed by atoms with Crippen LogP contribution in [0.3, 0.4) is 0 Å². The molecule has 53 heavy (non-hydrogen) atoms. The Bertz CT molecular complexity index is 1560. The molecule has 1 aliphatic rings. The zero-order valence-corrected chi connectivity index (χ0v) is 30.1. The summed E-state index contributed by atoms with van der Waals surface area (Å²) in [5, 5.41) is 68.4. The SMILES string of the molecule is CNC(=O)CCOCCOCCOCCOCCOCc1cn(CCC(C)C)nn1.O=C1c2c(O)cc(O)cc2O[C@H](c2cc(O)c(O)c(O)c2)[C@H]1O. The normalized spacial score (nSPS) is 15.1. The molecule has 18 nitrogen and oxygen atoms in total. The molecule has 0 bridgehead atoms. The van der Waals surface area contributed by atoms with Crippen LogP contribution in [0.1, 0.15) is 54.4 Å². The Morgan fingerprint density at radius 3 is 1.98 bits per heavy atom. The molecule has 18 heteroatoms. The molecule has 0 aliphatic carbocycles. The van der Waals surface area contributed by atoms with Gasteiger partial charge in [0.2, 0.25) is 11.7 Å². The van der Waals surface area contributed by atoms with Crippen molar-refractivity contribution in [3.8, 4) is 34.5 Å². The van der Waals surface area contributed by atoms with Crippen LogP contribution in [0.25, 0.3) is 0 Å². The molecule has 294 valence electrons. The highest BCUT2D eigenvalue weighted by molar-refractivity contribution is 6.05. The number of phenolic OH excluding ortho intramolecular Hbond substituents is 5. The van der Waals surface area contributed by atoms with Gasteiger partial charge in [0.1, 0.15) is 28.5 Å². The lowest BCUT2D eigenvalue weighted by Gasteiger charge is -2.30. The van der Waals surface area contributed by atoms with Gasteiger partial charge in [-0.3, -0.25) is 14.3 Å². The first kappa shape index (κ1) is 42.7. The number of aromatic nitrogens is 3. The molecule has 7 N–H and O–H groups in total. The number of aromatic hydroxyl groups is 5. The van der Waals surface area contributed by atoms with Crippen molar-refractivity contribution < 1.29 is 68.6 Å². The summed E-state index contributed by atoms with van der Waals surface area (Å²) in [6, 6.07) is 4.06. The van der Waals surface area contributed by atoms with Crippen molar-refractivity contribution >= 4 is 11.7 Å². The third-order valence-electron chi connectivity index (χ3n) is 7.55. The standard InChI is InChI=1S/C20H38N4O6.C15H12O8/c1-18(2)4-6-24-16-19(22-23-24)17-30-15-14-29-13-12-28-11-10-27-9-8-26-7-5-20(25)21-3;16-6-3-7(17)11-10(4-6)23-15(14(22)13(11)21)5-1-8(18)12(20)9(19)2-5/h16,18H,4-15,17H2,1-3H3,(H,21,25);1-4,14-20,22H/t;14-,15+/m.0/s1. The molecule has 1 aromatic heterocycles. The zero-order chi connectivity index (χ0) is 38.8. The number of fused-ring (bicyclic) bond motifs is 1. The molecule has 0 saturated carbocycles. The maximum absolute atomic E-state index is 12.2. The number of nitrogens with zero attached hydrogens (tertiary/aromatic N) is 3. The van der Waals surface area contributed by atoms with Crippen molar-refractivity contribution in [1.82, 2.24) is 20.3 Å². The van der Waals surface area contributed by atoms with Gasteiger partial charge in [0.25, 0.3) is 0 Å². The van der Waals surface area contributed by atoms with Crippen LogP contribution in [0.4, 0.5) is 0 Å². The highest BCUT2D eigenvalue weighted by Crippen LogP contribution is 2.44. The monoisotopic (exact) mass is 750 g/mol. The molecule has 0 unspecified atom stereocenters. The average Bonchev–Trinajstić information content (AvgIpc) is 3.58. The molecule has 4 rings (SSSR count). The minimum atomic E-state index is -1.72. The van der Waals surface area contributed by atoms with Gasteiger partial charge < -0.3 is 64.4 Å². The fraction of sp³-hybridized carbons (Fsp3) is 0.543. The van der Waals surface area contributed by atoms with E-state index < -0.39 is 41.0 Å². The second-order valence-corrected chi connectivity index (χ2v) is 12.2. The Labute approximate surface area is 306 Å². The minimum absolute atomic E-state index is 0.0205. The summed E-state index contributed by atoms with van der Waals surface area (Å²) in [5.41, 5.74) is 0.574. The number of benzene rings is 2. The summed E-state index contributed by atoms with van der Waals surface area (Å²) in [7, 11) is 1.61. The first-order valence-corrected chi connectivity index (χ1v) is 17.1. The minimum Gasteiger partial charge on any atom is -0.508 e. The second kappa shape index (κ2) is 22.4. The maximum atomic E-state index is 12.2. The highest BCUT2D eigenvalue weighted by atomic mass is 16.6. The quantitative estimate of drug-likeness (QED) is 0.0607. The van der Waals surface area contributed by atoms with Crippen LogP contribution >= 0.6 is 0 Å². The fourth-order valence-corrected chi connectivity index (χ4v) is 4.70. The van der Waals surface area contributed by atoms with Crippen LogP contribution in [0.5, 0.6) is 34.5 Å². The van der Waals surface area contributed by atoms with Gasteiger partial charge in [0.05, 0.1) is 72.3 Å². The van der Waals surface area contributed by atoms with E-state index in [1.165, 1.54) is 0 Å². The van der Waals surface area contributed by atoms with Crippen molar-refractivity contribution in [2.24, 2.45) is 5.92 Å². The molecule has 0 saturated heterocycles. The summed E-state index contributed by atoms with van der Waals surface area (Å²) >= 11 is 0. The number of amides is 1. The van der Waals surface area contributed by atoms with Crippen LogP contribution in [-0.4, -0.2) is 130 Å². The summed E-state index contributed by atoms with van der Waals surface area (Å²) in [6.07, 6.45) is 0.344. The smallest absolute Gasteiger partial charge is 0.222 e. The topological polar surface area (TPSA) is 254 Å². The van der Waals surface area contributed by atoms with Gasteiger partial charge in [-0.25, -0.2) is 0 Å². The number of aliphatic hydroxyl groups excluding tert-OH is 1. The number of Topliss-reactive ketones (excluding diaryl/α,β-unsaturated/α-hetero) is 1.